The molecule has 0 bridgehead atoms. The zero-order valence-electron chi connectivity index (χ0n) is 8.77. The van der Waals surface area contributed by atoms with Crippen LogP contribution in [-0.4, -0.2) is 17.5 Å². The van der Waals surface area contributed by atoms with E-state index in [1.165, 1.54) is 0 Å². The molecule has 0 spiro atoms. The van der Waals surface area contributed by atoms with E-state index in [1.807, 2.05) is 34.6 Å². The number of rotatable bonds is 2. The third-order valence-electron chi connectivity index (χ3n) is 3.07. The SMILES string of the molecule is CCOC1(O)C(C)(C)CC1(C)C. The molecule has 0 aromatic rings. The summed E-state index contributed by atoms with van der Waals surface area (Å²) in [6.07, 6.45) is 1.01. The first kappa shape index (κ1) is 10.0. The molecule has 0 radical (unpaired) electrons. The fourth-order valence-corrected chi connectivity index (χ4v) is 2.75. The van der Waals surface area contributed by atoms with Gasteiger partial charge in [0.1, 0.15) is 0 Å². The fraction of sp³-hybridized carbons (Fsp3) is 1.00. The number of aliphatic hydroxyl groups is 1. The molecule has 0 atom stereocenters. The molecule has 0 amide bonds. The average molecular weight is 172 g/mol. The molecule has 1 aliphatic rings. The second-order valence-electron chi connectivity index (χ2n) is 5.02. The van der Waals surface area contributed by atoms with E-state index >= 15 is 0 Å². The quantitative estimate of drug-likeness (QED) is 0.647. The summed E-state index contributed by atoms with van der Waals surface area (Å²) in [7, 11) is 0. The topological polar surface area (TPSA) is 29.5 Å². The summed E-state index contributed by atoms with van der Waals surface area (Å²) < 4.78 is 5.45. The van der Waals surface area contributed by atoms with Gasteiger partial charge in [-0.3, -0.25) is 0 Å². The van der Waals surface area contributed by atoms with E-state index in [-0.39, 0.29) is 10.8 Å². The van der Waals surface area contributed by atoms with Crippen molar-refractivity contribution in [2.45, 2.75) is 46.8 Å². The lowest BCUT2D eigenvalue weighted by Gasteiger charge is -2.63. The number of hydrogen-bond acceptors (Lipinski definition) is 2. The van der Waals surface area contributed by atoms with E-state index in [4.69, 9.17) is 4.74 Å². The van der Waals surface area contributed by atoms with Gasteiger partial charge in [0.25, 0.3) is 0 Å². The zero-order chi connectivity index (χ0) is 9.62. The zero-order valence-corrected chi connectivity index (χ0v) is 8.77. The Balaban J connectivity index is 2.83. The van der Waals surface area contributed by atoms with Gasteiger partial charge in [-0.15, -0.1) is 0 Å². The van der Waals surface area contributed by atoms with Gasteiger partial charge in [0.2, 0.25) is 0 Å². The molecule has 0 unspecified atom stereocenters. The van der Waals surface area contributed by atoms with E-state index in [0.29, 0.717) is 6.61 Å². The summed E-state index contributed by atoms with van der Waals surface area (Å²) in [5.41, 5.74) is -0.209. The van der Waals surface area contributed by atoms with E-state index in [0.717, 1.165) is 6.42 Å². The predicted molar refractivity (Wildman–Crippen MR) is 48.8 cm³/mol. The third kappa shape index (κ3) is 1.01. The molecule has 1 fully saturated rings. The van der Waals surface area contributed by atoms with Gasteiger partial charge in [0.05, 0.1) is 0 Å². The summed E-state index contributed by atoms with van der Waals surface area (Å²) in [6.45, 7) is 10.7. The smallest absolute Gasteiger partial charge is 0.175 e. The summed E-state index contributed by atoms with van der Waals surface area (Å²) in [4.78, 5) is 0. The van der Waals surface area contributed by atoms with Gasteiger partial charge >= 0.3 is 0 Å². The Bertz CT molecular complexity index is 168. The van der Waals surface area contributed by atoms with Crippen LogP contribution >= 0.6 is 0 Å². The maximum absolute atomic E-state index is 10.2. The van der Waals surface area contributed by atoms with E-state index in [1.54, 1.807) is 0 Å². The second-order valence-corrected chi connectivity index (χ2v) is 5.02. The highest BCUT2D eigenvalue weighted by atomic mass is 16.6. The predicted octanol–water partition coefficient (Wildman–Crippen LogP) is 2.17. The maximum atomic E-state index is 10.2. The van der Waals surface area contributed by atoms with Crippen molar-refractivity contribution < 1.29 is 9.84 Å². The first-order valence-electron chi connectivity index (χ1n) is 4.63. The third-order valence-corrected chi connectivity index (χ3v) is 3.07. The first-order chi connectivity index (χ1) is 5.27. The molecule has 2 nitrogen and oxygen atoms in total. The molecule has 2 heteroatoms. The minimum atomic E-state index is -0.936. The average Bonchev–Trinajstić information content (AvgIpc) is 1.85. The summed E-state index contributed by atoms with van der Waals surface area (Å²) >= 11 is 0. The van der Waals surface area contributed by atoms with Crippen molar-refractivity contribution in [3.8, 4) is 0 Å². The lowest BCUT2D eigenvalue weighted by atomic mass is 9.50. The van der Waals surface area contributed by atoms with E-state index in [9.17, 15) is 5.11 Å². The van der Waals surface area contributed by atoms with Crippen molar-refractivity contribution in [2.24, 2.45) is 10.8 Å². The van der Waals surface area contributed by atoms with Gasteiger partial charge in [-0.2, -0.15) is 0 Å². The summed E-state index contributed by atoms with van der Waals surface area (Å²) in [5.74, 6) is -0.936. The van der Waals surface area contributed by atoms with Crippen LogP contribution in [0.25, 0.3) is 0 Å². The van der Waals surface area contributed by atoms with Crippen molar-refractivity contribution in [3.05, 3.63) is 0 Å². The Morgan fingerprint density at radius 1 is 1.17 bits per heavy atom. The monoisotopic (exact) mass is 172 g/mol. The fourth-order valence-electron chi connectivity index (χ4n) is 2.75. The van der Waals surface area contributed by atoms with Gasteiger partial charge in [0.15, 0.2) is 5.79 Å². The minimum absolute atomic E-state index is 0.105. The Labute approximate surface area is 74.9 Å². The Hall–Kier alpha value is -0.0800. The molecule has 1 N–H and O–H groups in total. The first-order valence-corrected chi connectivity index (χ1v) is 4.63. The Morgan fingerprint density at radius 3 is 1.75 bits per heavy atom. The molecule has 0 aromatic carbocycles. The molecule has 1 saturated carbocycles. The lowest BCUT2D eigenvalue weighted by Crippen LogP contribution is -2.68. The van der Waals surface area contributed by atoms with Gasteiger partial charge in [-0.1, -0.05) is 27.7 Å². The Kier molecular flexibility index (Phi) is 2.05. The molecular formula is C10H20O2. The van der Waals surface area contributed by atoms with Crippen molar-refractivity contribution >= 4 is 0 Å². The van der Waals surface area contributed by atoms with Gasteiger partial charge < -0.3 is 9.84 Å². The highest BCUT2D eigenvalue weighted by Crippen LogP contribution is 2.61. The van der Waals surface area contributed by atoms with E-state index in [2.05, 4.69) is 0 Å². The Morgan fingerprint density at radius 2 is 1.58 bits per heavy atom. The van der Waals surface area contributed by atoms with Gasteiger partial charge in [0, 0.05) is 17.4 Å². The van der Waals surface area contributed by atoms with Crippen LogP contribution in [0.15, 0.2) is 0 Å². The second kappa shape index (κ2) is 2.46. The summed E-state index contributed by atoms with van der Waals surface area (Å²) in [6, 6.07) is 0. The minimum Gasteiger partial charge on any atom is -0.365 e. The molecule has 72 valence electrons. The van der Waals surface area contributed by atoms with Gasteiger partial charge in [-0.05, 0) is 13.3 Å². The number of ether oxygens (including phenoxy) is 1. The van der Waals surface area contributed by atoms with Crippen molar-refractivity contribution in [1.82, 2.24) is 0 Å². The highest BCUT2D eigenvalue weighted by Gasteiger charge is 2.65. The highest BCUT2D eigenvalue weighted by molar-refractivity contribution is 5.08. The molecule has 0 heterocycles. The molecule has 1 rings (SSSR count). The van der Waals surface area contributed by atoms with Crippen molar-refractivity contribution in [3.63, 3.8) is 0 Å². The standard InChI is InChI=1S/C10H20O2/c1-6-12-10(11)8(2,3)7-9(10,4)5/h11H,6-7H2,1-5H3. The van der Waals surface area contributed by atoms with Crippen LogP contribution in [0.3, 0.4) is 0 Å². The van der Waals surface area contributed by atoms with Crippen molar-refractivity contribution in [2.75, 3.05) is 6.61 Å². The number of hydrogen-bond donors (Lipinski definition) is 1. The van der Waals surface area contributed by atoms with Crippen LogP contribution in [0, 0.1) is 10.8 Å². The van der Waals surface area contributed by atoms with Crippen LogP contribution in [0.1, 0.15) is 41.0 Å². The summed E-state index contributed by atoms with van der Waals surface area (Å²) in [5, 5.41) is 10.2. The largest absolute Gasteiger partial charge is 0.365 e. The van der Waals surface area contributed by atoms with Crippen LogP contribution in [0.5, 0.6) is 0 Å². The molecule has 1 aliphatic carbocycles. The van der Waals surface area contributed by atoms with Gasteiger partial charge in [-0.25, -0.2) is 0 Å². The van der Waals surface area contributed by atoms with Crippen LogP contribution in [-0.2, 0) is 4.74 Å². The maximum Gasteiger partial charge on any atom is 0.175 e. The molecule has 0 aliphatic heterocycles. The van der Waals surface area contributed by atoms with Crippen molar-refractivity contribution in [1.29, 1.82) is 0 Å². The van der Waals surface area contributed by atoms with Crippen LogP contribution in [0.4, 0.5) is 0 Å². The molecule has 12 heavy (non-hydrogen) atoms. The molecule has 0 aromatic heterocycles. The molecular weight excluding hydrogens is 152 g/mol. The lowest BCUT2D eigenvalue weighted by molar-refractivity contribution is -0.385. The van der Waals surface area contributed by atoms with Crippen LogP contribution < -0.4 is 0 Å². The van der Waals surface area contributed by atoms with E-state index < -0.39 is 5.79 Å². The normalized spacial score (nSPS) is 29.5. The van der Waals surface area contributed by atoms with Crippen LogP contribution in [0.2, 0.25) is 0 Å². The molecule has 0 saturated heterocycles.